The molecule has 0 saturated carbocycles. The largest absolute Gasteiger partial charge is 4.00 e. The Labute approximate surface area is 489 Å². The first-order valence-electron chi connectivity index (χ1n) is 24.6. The fraction of sp³-hybridized carbons (Fsp3) is 0.242. The molecule has 0 aliphatic carbocycles. The van der Waals surface area contributed by atoms with Gasteiger partial charge in [-0.05, 0) is 52.5 Å². The minimum atomic E-state index is -2.98. The van der Waals surface area contributed by atoms with Crippen LogP contribution in [0.1, 0.15) is 115 Å². The molecule has 8 aromatic rings. The summed E-state index contributed by atoms with van der Waals surface area (Å²) in [7, 11) is -5.16. The van der Waals surface area contributed by atoms with Gasteiger partial charge in [0, 0.05) is 13.6 Å². The van der Waals surface area contributed by atoms with E-state index in [4.69, 9.17) is 19.9 Å². The Morgan fingerprint density at radius 2 is 0.730 bits per heavy atom. The smallest absolute Gasteiger partial charge is 0.682 e. The van der Waals surface area contributed by atoms with Gasteiger partial charge in [0.05, 0.1) is 8.24 Å². The molecule has 0 aliphatic heterocycles. The predicted molar refractivity (Wildman–Crippen MR) is 322 cm³/mol. The maximum absolute atomic E-state index is 5.94. The summed E-state index contributed by atoms with van der Waals surface area (Å²) in [4.78, 5) is 22.1. The molecule has 0 N–H and O–H groups in total. The van der Waals surface area contributed by atoms with Gasteiger partial charge in [-0.2, -0.15) is 0 Å². The molecule has 0 atom stereocenters. The monoisotopic (exact) mass is 1340 g/mol. The summed E-state index contributed by atoms with van der Waals surface area (Å²) >= 11 is 0. The van der Waals surface area contributed by atoms with Crippen LogP contribution in [0.5, 0.6) is 0 Å². The van der Waals surface area contributed by atoms with Gasteiger partial charge in [0.2, 0.25) is 0 Å². The fourth-order valence-electron chi connectivity index (χ4n) is 9.23. The zero-order valence-corrected chi connectivity index (χ0v) is 56.0. The van der Waals surface area contributed by atoms with Crippen LogP contribution in [0.25, 0.3) is 32.5 Å². The zero-order valence-electron chi connectivity index (χ0n) is 46.8. The molecule has 0 fully saturated rings. The van der Waals surface area contributed by atoms with Crippen LogP contribution in [-0.4, -0.2) is 26.4 Å². The second-order valence-electron chi connectivity index (χ2n) is 19.0. The van der Waals surface area contributed by atoms with Crippen molar-refractivity contribution in [3.63, 3.8) is 0 Å². The molecule has 0 bridgehead atoms. The third-order valence-corrected chi connectivity index (χ3v) is 21.3. The molecule has 8 rings (SSSR count). The van der Waals surface area contributed by atoms with E-state index in [-0.39, 0.29) is 81.4 Å². The second-order valence-corrected chi connectivity index (χ2v) is 26.5. The van der Waals surface area contributed by atoms with Crippen molar-refractivity contribution in [1.82, 2.24) is 9.97 Å². The molecule has 0 radical (unpaired) electrons. The summed E-state index contributed by atoms with van der Waals surface area (Å²) in [6.45, 7) is 22.7. The van der Waals surface area contributed by atoms with Crippen molar-refractivity contribution in [2.24, 2.45) is 0 Å². The van der Waals surface area contributed by atoms with Crippen LogP contribution in [0.4, 0.5) is 11.4 Å². The summed E-state index contributed by atoms with van der Waals surface area (Å²) in [5, 5.41) is 4.65. The summed E-state index contributed by atoms with van der Waals surface area (Å²) in [6, 6.07) is 72.7. The SMILES string of the molecule is CC(C)c1cccc(C(C)C)c1[N-][Si](c1ccccc1)(c1ccccc1)c1cccc(-c2[c-]cccc2)n1.CC[Si](CC)([N-]c1c(C(C)C)cccc1C(C)C)c1cccc(-c2[c-]cccc2)n1.[CH3-].[CH3-].[CH3-].[CH3-].[Hf+4].[Hf+4]. The van der Waals surface area contributed by atoms with Crippen LogP contribution in [0.3, 0.4) is 0 Å². The van der Waals surface area contributed by atoms with E-state index in [2.05, 4.69) is 227 Å². The van der Waals surface area contributed by atoms with Crippen molar-refractivity contribution in [3.8, 4) is 22.5 Å². The van der Waals surface area contributed by atoms with E-state index in [1.165, 1.54) is 43.6 Å². The summed E-state index contributed by atoms with van der Waals surface area (Å²) in [6.07, 6.45) is 0. The Kier molecular flexibility index (Phi) is 28.6. The zero-order chi connectivity index (χ0) is 48.3. The van der Waals surface area contributed by atoms with E-state index in [1.807, 2.05) is 36.4 Å². The molecule has 8 heteroatoms. The van der Waals surface area contributed by atoms with Gasteiger partial charge in [-0.1, -0.05) is 235 Å². The normalized spacial score (nSPS) is 10.8. The van der Waals surface area contributed by atoms with Crippen LogP contribution in [0, 0.1) is 41.8 Å². The van der Waals surface area contributed by atoms with E-state index in [1.54, 1.807) is 0 Å². The van der Waals surface area contributed by atoms with Crippen molar-refractivity contribution in [2.75, 3.05) is 0 Å². The Morgan fingerprint density at radius 3 is 1.08 bits per heavy atom. The number of hydrogen-bond donors (Lipinski definition) is 0. The Balaban J connectivity index is 0.000000701. The van der Waals surface area contributed by atoms with Gasteiger partial charge in [-0.3, -0.25) is 0 Å². The van der Waals surface area contributed by atoms with Crippen LogP contribution < -0.4 is 21.0 Å². The number of rotatable bonds is 16. The standard InChI is InChI=1S/C35H34N2Si.C27H34N2Si.4CH3.2Hf/c1-26(2)31-22-14-23-32(27(3)4)35(31)37-38(29-18-10-6-11-19-29,30-20-12-7-13-21-30)34-25-15-24-33(36-34)28-16-8-5-9-17-28;1-7-30(8-2,26-19-13-18-25(28-26)22-14-10-9-11-15-22)29-27-23(20(3)4)16-12-17-24(27)21(5)6;;;;;;/h5-16,18-27H,1-4H3;9-14,16-21H,7-8H2,1-6H3;4*1H3;;/q2*-2;4*-1;2*+4. The van der Waals surface area contributed by atoms with Crippen molar-refractivity contribution in [1.29, 1.82) is 0 Å². The van der Waals surface area contributed by atoms with Crippen LogP contribution in [-0.2, 0) is 51.7 Å². The third-order valence-electron chi connectivity index (χ3n) is 13.2. The molecule has 380 valence electrons. The maximum Gasteiger partial charge on any atom is 4.00 e. The first-order chi connectivity index (χ1) is 32.9. The topological polar surface area (TPSA) is 54.0 Å². The van der Waals surface area contributed by atoms with E-state index in [0.717, 1.165) is 45.6 Å². The van der Waals surface area contributed by atoms with Crippen molar-refractivity contribution in [3.05, 3.63) is 256 Å². The third kappa shape index (κ3) is 15.3. The van der Waals surface area contributed by atoms with Gasteiger partial charge in [-0.25, -0.2) is 0 Å². The van der Waals surface area contributed by atoms with Gasteiger partial charge in [0.15, 0.2) is 0 Å². The van der Waals surface area contributed by atoms with E-state index in [0.29, 0.717) is 23.7 Å². The van der Waals surface area contributed by atoms with Crippen LogP contribution in [0.2, 0.25) is 12.1 Å². The molecule has 0 amide bonds. The van der Waals surface area contributed by atoms with E-state index >= 15 is 0 Å². The minimum absolute atomic E-state index is 0. The molecule has 0 spiro atoms. The van der Waals surface area contributed by atoms with Gasteiger partial charge in [-0.15, -0.1) is 83.2 Å². The van der Waals surface area contributed by atoms with Gasteiger partial charge in [0.1, 0.15) is 0 Å². The Bertz CT molecular complexity index is 2740. The molecular weight excluding hydrogens is 1260 g/mol. The molecule has 74 heavy (non-hydrogen) atoms. The van der Waals surface area contributed by atoms with Gasteiger partial charge in [0.25, 0.3) is 0 Å². The van der Waals surface area contributed by atoms with Crippen molar-refractivity contribution in [2.45, 2.75) is 105 Å². The maximum atomic E-state index is 5.94. The molecule has 0 aliphatic rings. The Morgan fingerprint density at radius 1 is 0.392 bits per heavy atom. The molecule has 4 nitrogen and oxygen atoms in total. The number of nitrogens with zero attached hydrogens (tertiary/aromatic N) is 4. The fourth-order valence-corrected chi connectivity index (χ4v) is 16.2. The molecule has 0 unspecified atom stereocenters. The number of aromatic nitrogens is 2. The van der Waals surface area contributed by atoms with Crippen LogP contribution in [0.15, 0.2) is 182 Å². The molecule has 2 aromatic heterocycles. The van der Waals surface area contributed by atoms with Crippen molar-refractivity contribution < 1.29 is 51.7 Å². The average Bonchev–Trinajstić information content (AvgIpc) is 3.38. The molecule has 0 saturated heterocycles. The van der Waals surface area contributed by atoms with Crippen LogP contribution >= 0.6 is 0 Å². The summed E-state index contributed by atoms with van der Waals surface area (Å²) < 4.78 is 0. The second kappa shape index (κ2) is 31.4. The first-order valence-corrected chi connectivity index (χ1v) is 28.9. The Hall–Kier alpha value is -4.61. The number of benzene rings is 6. The minimum Gasteiger partial charge on any atom is -0.682 e. The molecular formula is C66H80Hf2N4Si2. The summed E-state index contributed by atoms with van der Waals surface area (Å²) in [5.74, 6) is 1.59. The molecule has 2 heterocycles. The van der Waals surface area contributed by atoms with E-state index in [9.17, 15) is 0 Å². The van der Waals surface area contributed by atoms with Crippen molar-refractivity contribution >= 4 is 48.9 Å². The van der Waals surface area contributed by atoms with E-state index < -0.39 is 16.5 Å². The molecule has 6 aromatic carbocycles. The van der Waals surface area contributed by atoms with Gasteiger partial charge < -0.3 is 49.6 Å². The predicted octanol–water partition coefficient (Wildman–Crippen LogP) is 17.0. The quantitative estimate of drug-likeness (QED) is 0.0715. The average molecular weight is 1340 g/mol. The first kappa shape index (κ1) is 67.4. The number of hydrogen-bond acceptors (Lipinski definition) is 2. The number of pyridine rings is 2. The van der Waals surface area contributed by atoms with Gasteiger partial charge >= 0.3 is 51.7 Å². The summed E-state index contributed by atoms with van der Waals surface area (Å²) in [5.41, 5.74) is 11.6.